The van der Waals surface area contributed by atoms with E-state index in [0.717, 1.165) is 30.5 Å². The largest absolute Gasteiger partial charge is 0.397 e. The molecule has 17 heavy (non-hydrogen) atoms. The van der Waals surface area contributed by atoms with E-state index in [1.807, 2.05) is 12.3 Å². The molecule has 3 heterocycles. The molecule has 1 aliphatic heterocycles. The number of hydrogen-bond acceptors (Lipinski definition) is 3. The molecule has 0 saturated carbocycles. The van der Waals surface area contributed by atoms with Gasteiger partial charge in [-0.25, -0.2) is 4.98 Å². The molecule has 0 fully saturated rings. The van der Waals surface area contributed by atoms with Crippen molar-refractivity contribution in [1.29, 1.82) is 0 Å². The number of likely N-dealkylation sites (N-methyl/N-ethyl adjacent to an activating group) is 1. The number of nitrogens with two attached hydrogens (primary N) is 1. The lowest BCUT2D eigenvalue weighted by atomic mass is 10.00. The van der Waals surface area contributed by atoms with E-state index in [9.17, 15) is 0 Å². The zero-order chi connectivity index (χ0) is 11.8. The van der Waals surface area contributed by atoms with Gasteiger partial charge in [-0.15, -0.1) is 0 Å². The summed E-state index contributed by atoms with van der Waals surface area (Å²) >= 11 is 0. The Morgan fingerprint density at radius 1 is 1.47 bits per heavy atom. The number of nitrogens with one attached hydrogen (secondary N) is 1. The van der Waals surface area contributed by atoms with Crippen molar-refractivity contribution in [3.8, 4) is 0 Å². The highest BCUT2D eigenvalue weighted by molar-refractivity contribution is 5.92. The molecule has 1 aliphatic rings. The van der Waals surface area contributed by atoms with E-state index in [1.54, 1.807) is 6.20 Å². The Bertz CT molecular complexity index is 582. The Hall–Kier alpha value is -1.81. The lowest BCUT2D eigenvalue weighted by molar-refractivity contribution is 0.370. The highest BCUT2D eigenvalue weighted by atomic mass is 15.1. The summed E-state index contributed by atoms with van der Waals surface area (Å²) in [4.78, 5) is 9.81. The predicted octanol–water partition coefficient (Wildman–Crippen LogP) is 1.86. The maximum absolute atomic E-state index is 5.80. The van der Waals surface area contributed by atoms with E-state index in [0.29, 0.717) is 5.69 Å². The summed E-state index contributed by atoms with van der Waals surface area (Å²) < 4.78 is 0. The van der Waals surface area contributed by atoms with Crippen molar-refractivity contribution < 1.29 is 0 Å². The number of nitrogen functional groups attached to an aromatic ring is 1. The third-order valence-corrected chi connectivity index (χ3v) is 3.31. The van der Waals surface area contributed by atoms with E-state index in [2.05, 4.69) is 28.0 Å². The molecule has 0 spiro atoms. The summed E-state index contributed by atoms with van der Waals surface area (Å²) in [7, 11) is 2.14. The molecule has 0 unspecified atom stereocenters. The Balaban J connectivity index is 2.08. The molecule has 3 N–H and O–H groups in total. The van der Waals surface area contributed by atoms with Crippen LogP contribution in [0.1, 0.15) is 12.0 Å². The van der Waals surface area contributed by atoms with Gasteiger partial charge in [0.25, 0.3) is 0 Å². The molecule has 4 heteroatoms. The number of pyridine rings is 1. The minimum atomic E-state index is 0.715. The summed E-state index contributed by atoms with van der Waals surface area (Å²) in [5, 5.41) is 1.13. The van der Waals surface area contributed by atoms with Gasteiger partial charge >= 0.3 is 0 Å². The van der Waals surface area contributed by atoms with Crippen molar-refractivity contribution in [2.45, 2.75) is 6.42 Å². The van der Waals surface area contributed by atoms with Crippen molar-refractivity contribution in [2.75, 3.05) is 25.9 Å². The van der Waals surface area contributed by atoms with Gasteiger partial charge in [0.05, 0.1) is 11.9 Å². The van der Waals surface area contributed by atoms with E-state index >= 15 is 0 Å². The summed E-state index contributed by atoms with van der Waals surface area (Å²) in [6, 6.07) is 1.99. The first kappa shape index (κ1) is 10.4. The van der Waals surface area contributed by atoms with Gasteiger partial charge in [0.15, 0.2) is 0 Å². The van der Waals surface area contributed by atoms with E-state index in [1.165, 1.54) is 11.1 Å². The second-order valence-electron chi connectivity index (χ2n) is 4.61. The number of aromatic amines is 1. The van der Waals surface area contributed by atoms with Crippen LogP contribution < -0.4 is 5.73 Å². The third kappa shape index (κ3) is 1.80. The van der Waals surface area contributed by atoms with Crippen LogP contribution in [0.25, 0.3) is 16.6 Å². The second kappa shape index (κ2) is 3.89. The number of rotatable bonds is 1. The first-order valence-electron chi connectivity index (χ1n) is 5.84. The number of aromatic nitrogens is 2. The number of anilines is 1. The van der Waals surface area contributed by atoms with Gasteiger partial charge < -0.3 is 15.6 Å². The second-order valence-corrected chi connectivity index (χ2v) is 4.61. The fourth-order valence-electron chi connectivity index (χ4n) is 2.30. The lowest BCUT2D eigenvalue weighted by Gasteiger charge is -2.21. The molecule has 2 aromatic rings. The van der Waals surface area contributed by atoms with Crippen LogP contribution in [-0.2, 0) is 0 Å². The molecule has 0 amide bonds. The van der Waals surface area contributed by atoms with Crippen LogP contribution in [0.2, 0.25) is 0 Å². The zero-order valence-corrected chi connectivity index (χ0v) is 9.90. The van der Waals surface area contributed by atoms with E-state index in [-0.39, 0.29) is 0 Å². The molecule has 0 atom stereocenters. The minimum Gasteiger partial charge on any atom is -0.397 e. The third-order valence-electron chi connectivity index (χ3n) is 3.31. The molecule has 0 aliphatic carbocycles. The molecule has 4 nitrogen and oxygen atoms in total. The standard InChI is InChI=1S/C13H16N4/c1-17-4-2-9(3-5-17)12-8-16-13-11(12)6-10(14)7-15-13/h2,6-8H,3-5,14H2,1H3,(H,15,16). The maximum atomic E-state index is 5.80. The van der Waals surface area contributed by atoms with Gasteiger partial charge in [-0.1, -0.05) is 6.08 Å². The average Bonchev–Trinajstić information content (AvgIpc) is 2.73. The van der Waals surface area contributed by atoms with Crippen LogP contribution in [0, 0.1) is 0 Å². The van der Waals surface area contributed by atoms with Gasteiger partial charge in [-0.2, -0.15) is 0 Å². The zero-order valence-electron chi connectivity index (χ0n) is 9.90. The van der Waals surface area contributed by atoms with Gasteiger partial charge in [0, 0.05) is 30.2 Å². The maximum Gasteiger partial charge on any atom is 0.138 e. The molecule has 0 bridgehead atoms. The molecule has 0 saturated heterocycles. The van der Waals surface area contributed by atoms with E-state index in [4.69, 9.17) is 5.73 Å². The fraction of sp³-hybridized carbons (Fsp3) is 0.308. The SMILES string of the molecule is CN1CC=C(c2c[nH]c3ncc(N)cc23)CC1. The van der Waals surface area contributed by atoms with Crippen molar-refractivity contribution in [2.24, 2.45) is 0 Å². The number of nitrogens with zero attached hydrogens (tertiary/aromatic N) is 2. The summed E-state index contributed by atoms with van der Waals surface area (Å²) in [6.07, 6.45) is 7.09. The minimum absolute atomic E-state index is 0.715. The van der Waals surface area contributed by atoms with Crippen LogP contribution in [-0.4, -0.2) is 35.0 Å². The molecule has 3 rings (SSSR count). The molecule has 2 aromatic heterocycles. The molecule has 0 radical (unpaired) electrons. The van der Waals surface area contributed by atoms with Crippen molar-refractivity contribution in [3.05, 3.63) is 30.1 Å². The van der Waals surface area contributed by atoms with Crippen LogP contribution in [0.15, 0.2) is 24.5 Å². The summed E-state index contributed by atoms with van der Waals surface area (Å²) in [6.45, 7) is 2.12. The van der Waals surface area contributed by atoms with Gasteiger partial charge in [-0.3, -0.25) is 0 Å². The highest BCUT2D eigenvalue weighted by Crippen LogP contribution is 2.28. The predicted molar refractivity (Wildman–Crippen MR) is 70.6 cm³/mol. The van der Waals surface area contributed by atoms with Crippen LogP contribution in [0.3, 0.4) is 0 Å². The van der Waals surface area contributed by atoms with Crippen molar-refractivity contribution >= 4 is 22.3 Å². The first-order valence-corrected chi connectivity index (χ1v) is 5.84. The molecule has 0 aromatic carbocycles. The summed E-state index contributed by atoms with van der Waals surface area (Å²) in [5.74, 6) is 0. The van der Waals surface area contributed by atoms with Crippen LogP contribution >= 0.6 is 0 Å². The Kier molecular flexibility index (Phi) is 2.37. The van der Waals surface area contributed by atoms with Gasteiger partial charge in [0.1, 0.15) is 5.65 Å². The smallest absolute Gasteiger partial charge is 0.138 e. The number of hydrogen-bond donors (Lipinski definition) is 2. The Morgan fingerprint density at radius 2 is 2.35 bits per heavy atom. The van der Waals surface area contributed by atoms with Crippen molar-refractivity contribution in [3.63, 3.8) is 0 Å². The van der Waals surface area contributed by atoms with Gasteiger partial charge in [0.2, 0.25) is 0 Å². The Labute approximate surface area is 100 Å². The fourth-order valence-corrected chi connectivity index (χ4v) is 2.30. The molecular formula is C13H16N4. The van der Waals surface area contributed by atoms with Crippen molar-refractivity contribution in [1.82, 2.24) is 14.9 Å². The molecular weight excluding hydrogens is 212 g/mol. The summed E-state index contributed by atoms with van der Waals surface area (Å²) in [5.41, 5.74) is 10.1. The van der Waals surface area contributed by atoms with Crippen LogP contribution in [0.5, 0.6) is 0 Å². The topological polar surface area (TPSA) is 57.9 Å². The Morgan fingerprint density at radius 3 is 3.12 bits per heavy atom. The van der Waals surface area contributed by atoms with E-state index < -0.39 is 0 Å². The quantitative estimate of drug-likeness (QED) is 0.783. The first-order chi connectivity index (χ1) is 8.24. The lowest BCUT2D eigenvalue weighted by Crippen LogP contribution is -2.23. The molecule has 88 valence electrons. The number of H-pyrrole nitrogens is 1. The monoisotopic (exact) mass is 228 g/mol. The van der Waals surface area contributed by atoms with Crippen LogP contribution in [0.4, 0.5) is 5.69 Å². The normalized spacial score (nSPS) is 17.4. The highest BCUT2D eigenvalue weighted by Gasteiger charge is 2.13. The number of fused-ring (bicyclic) bond motifs is 1. The average molecular weight is 228 g/mol. The van der Waals surface area contributed by atoms with Gasteiger partial charge in [-0.05, 0) is 25.1 Å².